The van der Waals surface area contributed by atoms with E-state index in [9.17, 15) is 9.59 Å². The molecule has 2 amide bonds. The highest BCUT2D eigenvalue weighted by Gasteiger charge is 2.39. The first kappa shape index (κ1) is 18.6. The molecule has 0 radical (unpaired) electrons. The van der Waals surface area contributed by atoms with Crippen LogP contribution in [0.2, 0.25) is 0 Å². The van der Waals surface area contributed by atoms with Crippen molar-refractivity contribution in [2.24, 2.45) is 5.92 Å². The van der Waals surface area contributed by atoms with Crippen molar-refractivity contribution in [3.8, 4) is 0 Å². The lowest BCUT2D eigenvalue weighted by molar-refractivity contribution is 0.0646. The molecule has 5 nitrogen and oxygen atoms in total. The average Bonchev–Trinajstić information content (AvgIpc) is 3.08. The van der Waals surface area contributed by atoms with E-state index < -0.39 is 0 Å². The van der Waals surface area contributed by atoms with Gasteiger partial charge in [-0.05, 0) is 37.7 Å². The summed E-state index contributed by atoms with van der Waals surface area (Å²) in [6.45, 7) is 4.34. The standard InChI is InChI=1S/C24H29N3O2/c1-16-8-7-13-26(14-16)23(28)21-18-11-5-6-12-20(18)25-22-19(21)15-27(24(22)29)17-9-3-2-4-10-17/h5-6,11-12,16-17H,2-4,7-10,13-15H2,1H3/t16-/m1/s1. The molecule has 5 heteroatoms. The maximum absolute atomic E-state index is 13.7. The predicted molar refractivity (Wildman–Crippen MR) is 113 cm³/mol. The molecule has 1 aliphatic carbocycles. The monoisotopic (exact) mass is 391 g/mol. The number of hydrogen-bond donors (Lipinski definition) is 0. The van der Waals surface area contributed by atoms with Crippen LogP contribution in [0.4, 0.5) is 0 Å². The maximum Gasteiger partial charge on any atom is 0.273 e. The van der Waals surface area contributed by atoms with Gasteiger partial charge in [-0.25, -0.2) is 4.98 Å². The molecule has 29 heavy (non-hydrogen) atoms. The van der Waals surface area contributed by atoms with Crippen molar-refractivity contribution in [3.05, 3.63) is 41.1 Å². The van der Waals surface area contributed by atoms with E-state index in [0.29, 0.717) is 23.7 Å². The van der Waals surface area contributed by atoms with Gasteiger partial charge in [-0.3, -0.25) is 9.59 Å². The first-order valence-electron chi connectivity index (χ1n) is 11.2. The number of aromatic nitrogens is 1. The van der Waals surface area contributed by atoms with Gasteiger partial charge >= 0.3 is 0 Å². The molecule has 1 atom stereocenters. The minimum atomic E-state index is 0.0127. The Morgan fingerprint density at radius 3 is 2.66 bits per heavy atom. The molecule has 0 spiro atoms. The van der Waals surface area contributed by atoms with Crippen LogP contribution in [-0.2, 0) is 6.54 Å². The zero-order valence-electron chi connectivity index (χ0n) is 17.2. The van der Waals surface area contributed by atoms with Crippen molar-refractivity contribution in [1.29, 1.82) is 0 Å². The maximum atomic E-state index is 13.7. The Kier molecular flexibility index (Phi) is 4.76. The van der Waals surface area contributed by atoms with Crippen molar-refractivity contribution in [2.45, 2.75) is 64.5 Å². The minimum Gasteiger partial charge on any atom is -0.338 e. The molecule has 152 valence electrons. The lowest BCUT2D eigenvalue weighted by atomic mass is 9.94. The number of amides is 2. The molecule has 5 rings (SSSR count). The lowest BCUT2D eigenvalue weighted by Crippen LogP contribution is -2.39. The molecule has 3 heterocycles. The SMILES string of the molecule is C[C@@H]1CCCN(C(=O)c2c3c(nc4ccccc24)C(=O)N(C2CCCCC2)C3)C1. The molecule has 2 aliphatic heterocycles. The zero-order valence-corrected chi connectivity index (χ0v) is 17.2. The second-order valence-electron chi connectivity index (χ2n) is 9.05. The highest BCUT2D eigenvalue weighted by molar-refractivity contribution is 6.11. The highest BCUT2D eigenvalue weighted by atomic mass is 16.2. The molecule has 3 aliphatic rings. The number of pyridine rings is 1. The zero-order chi connectivity index (χ0) is 20.0. The number of piperidine rings is 1. The molecule has 0 bridgehead atoms. The fourth-order valence-electron chi connectivity index (χ4n) is 5.42. The topological polar surface area (TPSA) is 53.5 Å². The highest BCUT2D eigenvalue weighted by Crippen LogP contribution is 2.35. The van der Waals surface area contributed by atoms with Crippen molar-refractivity contribution >= 4 is 22.7 Å². The number of benzene rings is 1. The molecule has 1 saturated heterocycles. The van der Waals surface area contributed by atoms with Crippen LogP contribution < -0.4 is 0 Å². The van der Waals surface area contributed by atoms with E-state index in [1.807, 2.05) is 34.1 Å². The first-order chi connectivity index (χ1) is 14.1. The van der Waals surface area contributed by atoms with Gasteiger partial charge in [0.15, 0.2) is 0 Å². The first-order valence-corrected chi connectivity index (χ1v) is 11.2. The Bertz CT molecular complexity index is 964. The number of carbonyl (C=O) groups excluding carboxylic acids is 2. The summed E-state index contributed by atoms with van der Waals surface area (Å²) in [5, 5.41) is 0.882. The Morgan fingerprint density at radius 1 is 1.07 bits per heavy atom. The Morgan fingerprint density at radius 2 is 1.86 bits per heavy atom. The minimum absolute atomic E-state index is 0.0127. The number of hydrogen-bond acceptors (Lipinski definition) is 3. The summed E-state index contributed by atoms with van der Waals surface area (Å²) < 4.78 is 0. The quantitative estimate of drug-likeness (QED) is 0.763. The van der Waals surface area contributed by atoms with E-state index in [4.69, 9.17) is 4.98 Å². The molecule has 1 aromatic carbocycles. The molecule has 0 N–H and O–H groups in total. The molecule has 1 aromatic heterocycles. The predicted octanol–water partition coefficient (Wildman–Crippen LogP) is 4.40. The van der Waals surface area contributed by atoms with Crippen LogP contribution in [0.25, 0.3) is 10.9 Å². The van der Waals surface area contributed by atoms with Crippen LogP contribution in [0.1, 0.15) is 78.3 Å². The summed E-state index contributed by atoms with van der Waals surface area (Å²) >= 11 is 0. The normalized spacial score (nSPS) is 22.9. The summed E-state index contributed by atoms with van der Waals surface area (Å²) in [6.07, 6.45) is 7.95. The van der Waals surface area contributed by atoms with Gasteiger partial charge in [-0.2, -0.15) is 0 Å². The van der Waals surface area contributed by atoms with E-state index in [0.717, 1.165) is 48.8 Å². The van der Waals surface area contributed by atoms with Gasteiger partial charge in [-0.1, -0.05) is 44.4 Å². The molecule has 0 unspecified atom stereocenters. The van der Waals surface area contributed by atoms with E-state index >= 15 is 0 Å². The molecule has 2 fully saturated rings. The van der Waals surface area contributed by atoms with Crippen LogP contribution in [-0.4, -0.2) is 45.7 Å². The van der Waals surface area contributed by atoms with Crippen molar-refractivity contribution in [2.75, 3.05) is 13.1 Å². The third-order valence-corrected chi connectivity index (χ3v) is 6.96. The van der Waals surface area contributed by atoms with Crippen LogP contribution >= 0.6 is 0 Å². The third-order valence-electron chi connectivity index (χ3n) is 6.96. The molecule has 2 aromatic rings. The molecular weight excluding hydrogens is 362 g/mol. The van der Waals surface area contributed by atoms with Gasteiger partial charge in [0.25, 0.3) is 11.8 Å². The number of rotatable bonds is 2. The van der Waals surface area contributed by atoms with Crippen molar-refractivity contribution < 1.29 is 9.59 Å². The van der Waals surface area contributed by atoms with Crippen LogP contribution in [0.15, 0.2) is 24.3 Å². The third kappa shape index (κ3) is 3.21. The summed E-state index contributed by atoms with van der Waals surface area (Å²) in [4.78, 5) is 35.7. The fraction of sp³-hybridized carbons (Fsp3) is 0.542. The van der Waals surface area contributed by atoms with Gasteiger partial charge in [0.1, 0.15) is 5.69 Å². The van der Waals surface area contributed by atoms with E-state index in [-0.39, 0.29) is 17.9 Å². The average molecular weight is 392 g/mol. The second kappa shape index (κ2) is 7.43. The summed E-state index contributed by atoms with van der Waals surface area (Å²) in [5.41, 5.74) is 2.81. The van der Waals surface area contributed by atoms with Gasteiger partial charge in [-0.15, -0.1) is 0 Å². The summed E-state index contributed by atoms with van der Waals surface area (Å²) in [6, 6.07) is 8.07. The summed E-state index contributed by atoms with van der Waals surface area (Å²) in [5.74, 6) is 0.609. The number of fused-ring (bicyclic) bond motifs is 2. The van der Waals surface area contributed by atoms with Crippen LogP contribution in [0.3, 0.4) is 0 Å². The largest absolute Gasteiger partial charge is 0.338 e. The number of nitrogens with zero attached hydrogens (tertiary/aromatic N) is 3. The van der Waals surface area contributed by atoms with Gasteiger partial charge < -0.3 is 9.80 Å². The van der Waals surface area contributed by atoms with Crippen LogP contribution in [0.5, 0.6) is 0 Å². The number of carbonyl (C=O) groups is 2. The summed E-state index contributed by atoms with van der Waals surface area (Å²) in [7, 11) is 0. The second-order valence-corrected chi connectivity index (χ2v) is 9.05. The Labute approximate surface area is 172 Å². The lowest BCUT2D eigenvalue weighted by Gasteiger charge is -2.32. The van der Waals surface area contributed by atoms with Gasteiger partial charge in [0, 0.05) is 36.6 Å². The Hall–Kier alpha value is -2.43. The van der Waals surface area contributed by atoms with Crippen molar-refractivity contribution in [1.82, 2.24) is 14.8 Å². The van der Waals surface area contributed by atoms with Gasteiger partial charge in [0.2, 0.25) is 0 Å². The smallest absolute Gasteiger partial charge is 0.273 e. The number of para-hydroxylation sites is 1. The number of likely N-dealkylation sites (tertiary alicyclic amines) is 1. The molecular formula is C24H29N3O2. The van der Waals surface area contributed by atoms with Gasteiger partial charge in [0.05, 0.1) is 11.1 Å². The molecule has 1 saturated carbocycles. The Balaban J connectivity index is 1.59. The van der Waals surface area contributed by atoms with E-state index in [1.54, 1.807) is 0 Å². The van der Waals surface area contributed by atoms with Crippen LogP contribution in [0, 0.1) is 5.92 Å². The van der Waals surface area contributed by atoms with E-state index in [2.05, 4.69) is 6.92 Å². The fourth-order valence-corrected chi connectivity index (χ4v) is 5.42. The van der Waals surface area contributed by atoms with Crippen molar-refractivity contribution in [3.63, 3.8) is 0 Å². The van der Waals surface area contributed by atoms with E-state index in [1.165, 1.54) is 25.7 Å².